The average Bonchev–Trinajstić information content (AvgIpc) is 3.12. The molecule has 0 radical (unpaired) electrons. The number of hydrogen-bond acceptors (Lipinski definition) is 3. The van der Waals surface area contributed by atoms with Crippen LogP contribution in [0.1, 0.15) is 63.0 Å². The molecular weight excluding hydrogens is 288 g/mol. The predicted molar refractivity (Wildman–Crippen MR) is 95.0 cm³/mol. The average molecular weight is 320 g/mol. The lowest BCUT2D eigenvalue weighted by molar-refractivity contribution is 0.276. The molecule has 0 saturated carbocycles. The highest BCUT2D eigenvalue weighted by Crippen LogP contribution is 2.36. The molecule has 1 saturated heterocycles. The molecule has 0 bridgehead atoms. The number of likely N-dealkylation sites (tertiary alicyclic amines) is 1. The summed E-state index contributed by atoms with van der Waals surface area (Å²) in [6, 6.07) is 0. The van der Waals surface area contributed by atoms with Crippen LogP contribution >= 0.6 is 0 Å². The van der Waals surface area contributed by atoms with Crippen molar-refractivity contribution in [2.45, 2.75) is 59.8 Å². The Labute approximate surface area is 140 Å². The summed E-state index contributed by atoms with van der Waals surface area (Å²) in [5.74, 6) is 2.29. The molecular formula is C18H32N4O. The molecule has 0 amide bonds. The van der Waals surface area contributed by atoms with Crippen molar-refractivity contribution in [3.05, 3.63) is 17.0 Å². The standard InChI is InChI=1S/C18H32N4O/c1-7-18(8-2)9-10-22(12-18)17(19-6)20-11-13(3)16-14(4)21-23-15(16)5/h13H,7-12H2,1-6H3,(H,19,20). The molecule has 5 heteroatoms. The van der Waals surface area contributed by atoms with Gasteiger partial charge in [0.15, 0.2) is 5.96 Å². The van der Waals surface area contributed by atoms with Crippen molar-refractivity contribution in [1.82, 2.24) is 15.4 Å². The van der Waals surface area contributed by atoms with Crippen LogP contribution in [-0.2, 0) is 0 Å². The number of rotatable bonds is 5. The predicted octanol–water partition coefficient (Wildman–Crippen LogP) is 3.48. The minimum Gasteiger partial charge on any atom is -0.361 e. The first-order valence-electron chi connectivity index (χ1n) is 8.84. The third kappa shape index (κ3) is 3.70. The lowest BCUT2D eigenvalue weighted by Gasteiger charge is -2.28. The highest BCUT2D eigenvalue weighted by atomic mass is 16.5. The summed E-state index contributed by atoms with van der Waals surface area (Å²) < 4.78 is 5.29. The Hall–Kier alpha value is -1.52. The van der Waals surface area contributed by atoms with Gasteiger partial charge in [-0.15, -0.1) is 0 Å². The maximum atomic E-state index is 5.29. The minimum atomic E-state index is 0.350. The van der Waals surface area contributed by atoms with Gasteiger partial charge in [-0.1, -0.05) is 25.9 Å². The van der Waals surface area contributed by atoms with E-state index in [1.54, 1.807) is 0 Å². The minimum absolute atomic E-state index is 0.350. The van der Waals surface area contributed by atoms with E-state index in [1.165, 1.54) is 24.8 Å². The zero-order valence-corrected chi connectivity index (χ0v) is 15.6. The van der Waals surface area contributed by atoms with Gasteiger partial charge in [0, 0.05) is 38.2 Å². The van der Waals surface area contributed by atoms with Crippen LogP contribution in [0.2, 0.25) is 0 Å². The van der Waals surface area contributed by atoms with E-state index in [2.05, 4.69) is 41.1 Å². The Morgan fingerprint density at radius 2 is 2.09 bits per heavy atom. The second-order valence-corrected chi connectivity index (χ2v) is 6.95. The summed E-state index contributed by atoms with van der Waals surface area (Å²) in [5.41, 5.74) is 2.67. The second kappa shape index (κ2) is 7.37. The first-order chi connectivity index (χ1) is 11.0. The second-order valence-electron chi connectivity index (χ2n) is 6.95. The quantitative estimate of drug-likeness (QED) is 0.666. The van der Waals surface area contributed by atoms with Gasteiger partial charge in [-0.2, -0.15) is 0 Å². The van der Waals surface area contributed by atoms with Crippen molar-refractivity contribution in [2.24, 2.45) is 10.4 Å². The first-order valence-corrected chi connectivity index (χ1v) is 8.84. The normalized spacial score (nSPS) is 19.2. The fourth-order valence-corrected chi connectivity index (χ4v) is 3.82. The van der Waals surface area contributed by atoms with Gasteiger partial charge in [0.05, 0.1) is 5.69 Å². The molecule has 2 heterocycles. The first kappa shape index (κ1) is 17.8. The number of hydrogen-bond donors (Lipinski definition) is 1. The van der Waals surface area contributed by atoms with Crippen molar-refractivity contribution in [2.75, 3.05) is 26.7 Å². The largest absolute Gasteiger partial charge is 0.361 e. The van der Waals surface area contributed by atoms with Crippen LogP contribution in [0.25, 0.3) is 0 Å². The van der Waals surface area contributed by atoms with Crippen LogP contribution < -0.4 is 5.32 Å². The summed E-state index contributed by atoms with van der Waals surface area (Å²) in [5, 5.41) is 7.61. The summed E-state index contributed by atoms with van der Waals surface area (Å²) in [6.07, 6.45) is 3.75. The van der Waals surface area contributed by atoms with Gasteiger partial charge >= 0.3 is 0 Å². The molecule has 1 unspecified atom stereocenters. The molecule has 1 aromatic heterocycles. The Balaban J connectivity index is 1.96. The number of aryl methyl sites for hydroxylation is 2. The van der Waals surface area contributed by atoms with Crippen LogP contribution in [0.15, 0.2) is 9.52 Å². The van der Waals surface area contributed by atoms with Crippen molar-refractivity contribution in [3.8, 4) is 0 Å². The summed E-state index contributed by atoms with van der Waals surface area (Å²) in [7, 11) is 1.88. The van der Waals surface area contributed by atoms with Gasteiger partial charge in [0.1, 0.15) is 5.76 Å². The van der Waals surface area contributed by atoms with E-state index >= 15 is 0 Å². The topological polar surface area (TPSA) is 53.7 Å². The van der Waals surface area contributed by atoms with Crippen LogP contribution in [0.5, 0.6) is 0 Å². The Morgan fingerprint density at radius 3 is 2.57 bits per heavy atom. The van der Waals surface area contributed by atoms with Gasteiger partial charge in [0.25, 0.3) is 0 Å². The van der Waals surface area contributed by atoms with Crippen LogP contribution in [-0.4, -0.2) is 42.7 Å². The monoisotopic (exact) mass is 320 g/mol. The van der Waals surface area contributed by atoms with E-state index in [0.717, 1.165) is 37.0 Å². The van der Waals surface area contributed by atoms with Gasteiger partial charge < -0.3 is 14.7 Å². The third-order valence-corrected chi connectivity index (χ3v) is 5.60. The molecule has 1 fully saturated rings. The molecule has 2 rings (SSSR count). The van der Waals surface area contributed by atoms with Crippen molar-refractivity contribution in [1.29, 1.82) is 0 Å². The fraction of sp³-hybridized carbons (Fsp3) is 0.778. The molecule has 1 atom stereocenters. The number of aromatic nitrogens is 1. The lowest BCUT2D eigenvalue weighted by Crippen LogP contribution is -2.42. The highest BCUT2D eigenvalue weighted by molar-refractivity contribution is 5.80. The fourth-order valence-electron chi connectivity index (χ4n) is 3.82. The zero-order chi connectivity index (χ0) is 17.0. The highest BCUT2D eigenvalue weighted by Gasteiger charge is 2.36. The summed E-state index contributed by atoms with van der Waals surface area (Å²) >= 11 is 0. The van der Waals surface area contributed by atoms with Gasteiger partial charge in [-0.3, -0.25) is 4.99 Å². The van der Waals surface area contributed by atoms with Gasteiger partial charge in [0.2, 0.25) is 0 Å². The Bertz CT molecular complexity index is 526. The van der Waals surface area contributed by atoms with Crippen molar-refractivity contribution >= 4 is 5.96 Å². The zero-order valence-electron chi connectivity index (χ0n) is 15.6. The van der Waals surface area contributed by atoms with Crippen LogP contribution in [0.4, 0.5) is 0 Å². The molecule has 0 aromatic carbocycles. The van der Waals surface area contributed by atoms with Gasteiger partial charge in [-0.25, -0.2) is 0 Å². The molecule has 130 valence electrons. The molecule has 5 nitrogen and oxygen atoms in total. The van der Waals surface area contributed by atoms with E-state index in [-0.39, 0.29) is 0 Å². The third-order valence-electron chi connectivity index (χ3n) is 5.60. The smallest absolute Gasteiger partial charge is 0.193 e. The summed E-state index contributed by atoms with van der Waals surface area (Å²) in [4.78, 5) is 6.90. The molecule has 1 aliphatic rings. The Morgan fingerprint density at radius 1 is 1.39 bits per heavy atom. The van der Waals surface area contributed by atoms with E-state index in [9.17, 15) is 0 Å². The van der Waals surface area contributed by atoms with Crippen molar-refractivity contribution < 1.29 is 4.52 Å². The van der Waals surface area contributed by atoms with Crippen LogP contribution in [0, 0.1) is 19.3 Å². The number of nitrogens with zero attached hydrogens (tertiary/aromatic N) is 3. The van der Waals surface area contributed by atoms with Gasteiger partial charge in [-0.05, 0) is 38.5 Å². The summed E-state index contributed by atoms with van der Waals surface area (Å²) in [6.45, 7) is 13.9. The molecule has 1 N–H and O–H groups in total. The number of guanidine groups is 1. The number of nitrogens with one attached hydrogen (secondary N) is 1. The van der Waals surface area contributed by atoms with Crippen LogP contribution in [0.3, 0.4) is 0 Å². The lowest BCUT2D eigenvalue weighted by atomic mass is 9.82. The molecule has 1 aromatic rings. The maximum absolute atomic E-state index is 5.29. The van der Waals surface area contributed by atoms with E-state index in [4.69, 9.17) is 4.52 Å². The molecule has 0 spiro atoms. The maximum Gasteiger partial charge on any atom is 0.193 e. The van der Waals surface area contributed by atoms with Crippen molar-refractivity contribution in [3.63, 3.8) is 0 Å². The molecule has 23 heavy (non-hydrogen) atoms. The van der Waals surface area contributed by atoms with E-state index in [0.29, 0.717) is 11.3 Å². The molecule has 0 aliphatic carbocycles. The Kier molecular flexibility index (Phi) is 5.71. The van der Waals surface area contributed by atoms with E-state index < -0.39 is 0 Å². The number of aliphatic imine (C=N–C) groups is 1. The molecule has 1 aliphatic heterocycles. The SMILES string of the molecule is CCC1(CC)CCN(C(=NC)NCC(C)c2c(C)noc2C)C1. The van der Waals surface area contributed by atoms with E-state index in [1.807, 2.05) is 20.9 Å².